The molecule has 0 aliphatic heterocycles. The van der Waals surface area contributed by atoms with Crippen LogP contribution in [-0.2, 0) is 13.5 Å². The zero-order chi connectivity index (χ0) is 12.6. The van der Waals surface area contributed by atoms with Crippen molar-refractivity contribution >= 4 is 5.82 Å². The number of aromatic nitrogens is 3. The summed E-state index contributed by atoms with van der Waals surface area (Å²) in [5.41, 5.74) is 8.88. The molecule has 0 aliphatic carbocycles. The van der Waals surface area contributed by atoms with Crippen LogP contribution < -0.4 is 11.2 Å². The van der Waals surface area contributed by atoms with Crippen LogP contribution in [0.25, 0.3) is 11.3 Å². The van der Waals surface area contributed by atoms with E-state index in [1.165, 1.54) is 0 Å². The second kappa shape index (κ2) is 4.08. The Balaban J connectivity index is 2.68. The minimum atomic E-state index is -0.0333. The van der Waals surface area contributed by atoms with Crippen molar-refractivity contribution in [3.8, 4) is 11.3 Å². The van der Waals surface area contributed by atoms with Gasteiger partial charge in [-0.15, -0.1) is 0 Å². The Morgan fingerprint density at radius 2 is 2.24 bits per heavy atom. The largest absolute Gasteiger partial charge is 0.384 e. The van der Waals surface area contributed by atoms with E-state index < -0.39 is 0 Å². The van der Waals surface area contributed by atoms with Crippen LogP contribution in [0.5, 0.6) is 0 Å². The number of hydrogen-bond donors (Lipinski definition) is 2. The third kappa shape index (κ3) is 1.84. The lowest BCUT2D eigenvalue weighted by atomic mass is 10.1. The van der Waals surface area contributed by atoms with Gasteiger partial charge in [0.1, 0.15) is 11.5 Å². The predicted octanol–water partition coefficient (Wildman–Crippen LogP) is 1.23. The van der Waals surface area contributed by atoms with Crippen LogP contribution >= 0.6 is 0 Å². The molecule has 2 rings (SSSR count). The van der Waals surface area contributed by atoms with Crippen molar-refractivity contribution in [1.29, 1.82) is 0 Å². The molecule has 5 heteroatoms. The van der Waals surface area contributed by atoms with Crippen molar-refractivity contribution < 1.29 is 0 Å². The summed E-state index contributed by atoms with van der Waals surface area (Å²) in [4.78, 5) is 14.9. The minimum Gasteiger partial charge on any atom is -0.384 e. The second-order valence-electron chi connectivity index (χ2n) is 4.08. The Labute approximate surface area is 99.3 Å². The average Bonchev–Trinajstić information content (AvgIpc) is 2.55. The zero-order valence-corrected chi connectivity index (χ0v) is 10.2. The molecule has 0 saturated carbocycles. The molecule has 0 amide bonds. The molecule has 5 nitrogen and oxygen atoms in total. The highest BCUT2D eigenvalue weighted by atomic mass is 16.1. The number of hydrogen-bond acceptors (Lipinski definition) is 3. The number of pyridine rings is 1. The number of rotatable bonds is 2. The summed E-state index contributed by atoms with van der Waals surface area (Å²) in [5, 5.41) is 4.31. The van der Waals surface area contributed by atoms with Crippen LogP contribution in [0.1, 0.15) is 18.2 Å². The van der Waals surface area contributed by atoms with E-state index in [2.05, 4.69) is 10.1 Å². The van der Waals surface area contributed by atoms with Gasteiger partial charge < -0.3 is 10.7 Å². The lowest BCUT2D eigenvalue weighted by Crippen LogP contribution is -2.06. The molecule has 0 radical (unpaired) electrons. The van der Waals surface area contributed by atoms with Crippen LogP contribution in [0.2, 0.25) is 0 Å². The Hall–Kier alpha value is -2.04. The van der Waals surface area contributed by atoms with Crippen LogP contribution in [0, 0.1) is 6.92 Å². The molecular weight excluding hydrogens is 216 g/mol. The average molecular weight is 232 g/mol. The third-order valence-electron chi connectivity index (χ3n) is 2.86. The van der Waals surface area contributed by atoms with Gasteiger partial charge in [-0.25, -0.2) is 0 Å². The SMILES string of the molecule is CCc1c(-c2c[nH]c(C)cc2=O)nn(C)c1N. The third-order valence-corrected chi connectivity index (χ3v) is 2.86. The first-order valence-corrected chi connectivity index (χ1v) is 5.55. The molecule has 0 unspecified atom stereocenters. The van der Waals surface area contributed by atoms with Gasteiger partial charge in [0, 0.05) is 30.6 Å². The van der Waals surface area contributed by atoms with Gasteiger partial charge in [0.15, 0.2) is 5.43 Å². The fourth-order valence-corrected chi connectivity index (χ4v) is 1.90. The Bertz CT molecular complexity index is 609. The minimum absolute atomic E-state index is 0.0333. The number of H-pyrrole nitrogens is 1. The van der Waals surface area contributed by atoms with Crippen molar-refractivity contribution in [2.75, 3.05) is 5.73 Å². The molecule has 0 saturated heterocycles. The maximum Gasteiger partial charge on any atom is 0.191 e. The van der Waals surface area contributed by atoms with Gasteiger partial charge in [0.25, 0.3) is 0 Å². The Morgan fingerprint density at radius 3 is 2.82 bits per heavy atom. The summed E-state index contributed by atoms with van der Waals surface area (Å²) in [6, 6.07) is 1.57. The van der Waals surface area contributed by atoms with E-state index in [9.17, 15) is 4.79 Å². The number of nitrogen functional groups attached to an aromatic ring is 1. The summed E-state index contributed by atoms with van der Waals surface area (Å²) in [6.45, 7) is 3.85. The van der Waals surface area contributed by atoms with Gasteiger partial charge in [-0.2, -0.15) is 5.10 Å². The summed E-state index contributed by atoms with van der Waals surface area (Å²) in [6.07, 6.45) is 2.45. The molecule has 2 heterocycles. The van der Waals surface area contributed by atoms with E-state index in [-0.39, 0.29) is 5.43 Å². The first-order chi connectivity index (χ1) is 8.04. The number of aromatic amines is 1. The molecule has 2 aromatic rings. The van der Waals surface area contributed by atoms with E-state index in [1.807, 2.05) is 13.8 Å². The van der Waals surface area contributed by atoms with Crippen molar-refractivity contribution in [3.63, 3.8) is 0 Å². The molecule has 0 atom stereocenters. The molecule has 3 N–H and O–H groups in total. The Kier molecular flexibility index (Phi) is 2.75. The van der Waals surface area contributed by atoms with E-state index in [4.69, 9.17) is 5.73 Å². The monoisotopic (exact) mass is 232 g/mol. The zero-order valence-electron chi connectivity index (χ0n) is 10.2. The van der Waals surface area contributed by atoms with E-state index in [0.717, 1.165) is 17.7 Å². The summed E-state index contributed by atoms with van der Waals surface area (Å²) in [5.74, 6) is 0.613. The highest BCUT2D eigenvalue weighted by molar-refractivity contribution is 5.67. The van der Waals surface area contributed by atoms with Crippen LogP contribution in [0.4, 0.5) is 5.82 Å². The van der Waals surface area contributed by atoms with E-state index in [1.54, 1.807) is 24.0 Å². The fourth-order valence-electron chi connectivity index (χ4n) is 1.90. The second-order valence-corrected chi connectivity index (χ2v) is 4.08. The van der Waals surface area contributed by atoms with Gasteiger partial charge in [-0.1, -0.05) is 6.92 Å². The maximum absolute atomic E-state index is 11.9. The molecular formula is C12H16N4O. The van der Waals surface area contributed by atoms with Gasteiger partial charge in [-0.3, -0.25) is 9.48 Å². The van der Waals surface area contributed by atoms with E-state index >= 15 is 0 Å². The highest BCUT2D eigenvalue weighted by Crippen LogP contribution is 2.24. The Morgan fingerprint density at radius 1 is 1.53 bits per heavy atom. The van der Waals surface area contributed by atoms with Gasteiger partial charge in [0.05, 0.1) is 5.56 Å². The van der Waals surface area contributed by atoms with E-state index in [0.29, 0.717) is 17.1 Å². The molecule has 0 spiro atoms. The summed E-state index contributed by atoms with van der Waals surface area (Å²) < 4.78 is 1.60. The number of nitrogens with zero attached hydrogens (tertiary/aromatic N) is 2. The number of nitrogens with one attached hydrogen (secondary N) is 1. The van der Waals surface area contributed by atoms with Crippen LogP contribution in [0.15, 0.2) is 17.1 Å². The number of anilines is 1. The normalized spacial score (nSPS) is 10.8. The summed E-state index contributed by atoms with van der Waals surface area (Å²) >= 11 is 0. The number of aryl methyl sites for hydroxylation is 2. The van der Waals surface area contributed by atoms with Crippen LogP contribution in [-0.4, -0.2) is 14.8 Å². The first kappa shape index (κ1) is 11.4. The predicted molar refractivity (Wildman–Crippen MR) is 67.8 cm³/mol. The lowest BCUT2D eigenvalue weighted by molar-refractivity contribution is 0.781. The van der Waals surface area contributed by atoms with Crippen molar-refractivity contribution in [2.24, 2.45) is 7.05 Å². The molecule has 90 valence electrons. The van der Waals surface area contributed by atoms with Gasteiger partial charge in [0.2, 0.25) is 0 Å². The first-order valence-electron chi connectivity index (χ1n) is 5.55. The fraction of sp³-hybridized carbons (Fsp3) is 0.333. The number of nitrogens with two attached hydrogens (primary N) is 1. The molecule has 2 aromatic heterocycles. The van der Waals surface area contributed by atoms with Crippen molar-refractivity contribution in [2.45, 2.75) is 20.3 Å². The molecule has 17 heavy (non-hydrogen) atoms. The van der Waals surface area contributed by atoms with Crippen molar-refractivity contribution in [3.05, 3.63) is 33.7 Å². The standard InChI is InChI=1S/C12H16N4O/c1-4-8-11(15-16(3)12(8)13)9-6-14-7(2)5-10(9)17/h5-6H,4,13H2,1-3H3,(H,14,17). The summed E-state index contributed by atoms with van der Waals surface area (Å²) in [7, 11) is 1.78. The van der Waals surface area contributed by atoms with Crippen molar-refractivity contribution in [1.82, 2.24) is 14.8 Å². The topological polar surface area (TPSA) is 76.7 Å². The highest BCUT2D eigenvalue weighted by Gasteiger charge is 2.16. The molecule has 0 fully saturated rings. The smallest absolute Gasteiger partial charge is 0.191 e. The molecule has 0 aromatic carbocycles. The molecule has 0 aliphatic rings. The van der Waals surface area contributed by atoms with Gasteiger partial charge >= 0.3 is 0 Å². The lowest BCUT2D eigenvalue weighted by Gasteiger charge is -2.00. The van der Waals surface area contributed by atoms with Gasteiger partial charge in [-0.05, 0) is 13.3 Å². The van der Waals surface area contributed by atoms with Crippen LogP contribution in [0.3, 0.4) is 0 Å². The maximum atomic E-state index is 11.9. The molecule has 0 bridgehead atoms. The quantitative estimate of drug-likeness (QED) is 0.817.